The first-order chi connectivity index (χ1) is 9.16. The number of hydrazine groups is 1. The van der Waals surface area contributed by atoms with Gasteiger partial charge in [-0.3, -0.25) is 20.6 Å². The third kappa shape index (κ3) is 3.66. The van der Waals surface area contributed by atoms with E-state index >= 15 is 0 Å². The van der Waals surface area contributed by atoms with Crippen molar-refractivity contribution >= 4 is 27.5 Å². The fraction of sp³-hybridized carbons (Fsp3) is 0. The van der Waals surface area contributed by atoms with Gasteiger partial charge in [-0.15, -0.1) is 0 Å². The van der Waals surface area contributed by atoms with Crippen LogP contribution in [0.15, 0.2) is 59.7 Å². The summed E-state index contributed by atoms with van der Waals surface area (Å²) in [4.78, 5) is 15.7. The average molecular weight is 318 g/mol. The highest BCUT2D eigenvalue weighted by Gasteiger charge is 2.06. The van der Waals surface area contributed by atoms with Crippen LogP contribution in [0.25, 0.3) is 5.70 Å². The molecule has 1 amide bonds. The first-order valence-corrected chi connectivity index (χ1v) is 6.38. The van der Waals surface area contributed by atoms with Gasteiger partial charge < -0.3 is 0 Å². The second-order valence-corrected chi connectivity index (χ2v) is 4.70. The van der Waals surface area contributed by atoms with Crippen molar-refractivity contribution in [1.29, 1.82) is 0 Å². The Labute approximate surface area is 119 Å². The lowest BCUT2D eigenvalue weighted by Crippen LogP contribution is -2.36. The summed E-state index contributed by atoms with van der Waals surface area (Å²) in [5, 5.41) is 0. The van der Waals surface area contributed by atoms with Crippen LogP contribution in [0.3, 0.4) is 0 Å². The van der Waals surface area contributed by atoms with E-state index in [1.54, 1.807) is 24.4 Å². The van der Waals surface area contributed by atoms with Gasteiger partial charge in [0.2, 0.25) is 0 Å². The standard InChI is InChI=1S/C14H12BrN3O/c1-10(11-5-7-12(15)8-6-11)17-18-14(19)13-4-2-3-9-16-13/h2-9,17H,1H2,(H,18,19). The van der Waals surface area contributed by atoms with E-state index < -0.39 is 0 Å². The highest BCUT2D eigenvalue weighted by Crippen LogP contribution is 2.14. The summed E-state index contributed by atoms with van der Waals surface area (Å²) >= 11 is 3.36. The lowest BCUT2D eigenvalue weighted by molar-refractivity contribution is 0.0937. The molecular weight excluding hydrogens is 306 g/mol. The quantitative estimate of drug-likeness (QED) is 0.852. The van der Waals surface area contributed by atoms with Crippen molar-refractivity contribution in [1.82, 2.24) is 15.8 Å². The van der Waals surface area contributed by atoms with E-state index in [9.17, 15) is 4.79 Å². The monoisotopic (exact) mass is 317 g/mol. The van der Waals surface area contributed by atoms with Crippen LogP contribution in [0, 0.1) is 0 Å². The number of benzene rings is 1. The Hall–Kier alpha value is -2.14. The molecule has 0 bridgehead atoms. The van der Waals surface area contributed by atoms with Crippen LogP contribution in [0.5, 0.6) is 0 Å². The Bertz CT molecular complexity index is 581. The molecule has 0 saturated heterocycles. The minimum atomic E-state index is -0.307. The van der Waals surface area contributed by atoms with Crippen LogP contribution in [0.4, 0.5) is 0 Å². The molecule has 0 unspecified atom stereocenters. The smallest absolute Gasteiger partial charge is 0.288 e. The predicted octanol–water partition coefficient (Wildman–Crippen LogP) is 2.75. The average Bonchev–Trinajstić information content (AvgIpc) is 2.46. The summed E-state index contributed by atoms with van der Waals surface area (Å²) in [7, 11) is 0. The molecule has 0 saturated carbocycles. The number of nitrogens with zero attached hydrogens (tertiary/aromatic N) is 1. The van der Waals surface area contributed by atoms with E-state index in [4.69, 9.17) is 0 Å². The van der Waals surface area contributed by atoms with Gasteiger partial charge in [0.05, 0.1) is 5.70 Å². The Kier molecular flexibility index (Phi) is 4.30. The number of halogens is 1. The van der Waals surface area contributed by atoms with Gasteiger partial charge in [0.15, 0.2) is 0 Å². The molecule has 2 rings (SSSR count). The van der Waals surface area contributed by atoms with Gasteiger partial charge in [-0.05, 0) is 29.8 Å². The van der Waals surface area contributed by atoms with Gasteiger partial charge >= 0.3 is 0 Å². The minimum absolute atomic E-state index is 0.307. The van der Waals surface area contributed by atoms with Crippen LogP contribution in [-0.4, -0.2) is 10.9 Å². The molecule has 0 spiro atoms. The van der Waals surface area contributed by atoms with E-state index in [2.05, 4.69) is 38.3 Å². The number of aromatic nitrogens is 1. The predicted molar refractivity (Wildman–Crippen MR) is 78.0 cm³/mol. The number of hydrogen-bond donors (Lipinski definition) is 2. The highest BCUT2D eigenvalue weighted by atomic mass is 79.9. The van der Waals surface area contributed by atoms with Crippen LogP contribution in [0.1, 0.15) is 16.1 Å². The zero-order valence-electron chi connectivity index (χ0n) is 10.1. The summed E-state index contributed by atoms with van der Waals surface area (Å²) < 4.78 is 0.988. The van der Waals surface area contributed by atoms with Crippen LogP contribution < -0.4 is 10.9 Å². The molecule has 2 aromatic rings. The molecule has 0 atom stereocenters. The maximum atomic E-state index is 11.7. The lowest BCUT2D eigenvalue weighted by atomic mass is 10.2. The van der Waals surface area contributed by atoms with Crippen molar-refractivity contribution in [2.45, 2.75) is 0 Å². The van der Waals surface area contributed by atoms with Crippen LogP contribution in [-0.2, 0) is 0 Å². The Morgan fingerprint density at radius 3 is 2.47 bits per heavy atom. The van der Waals surface area contributed by atoms with Gasteiger partial charge in [0.25, 0.3) is 5.91 Å². The molecule has 96 valence electrons. The number of hydrogen-bond acceptors (Lipinski definition) is 3. The second kappa shape index (κ2) is 6.15. The molecular formula is C14H12BrN3O. The van der Waals surface area contributed by atoms with Crippen molar-refractivity contribution < 1.29 is 4.79 Å². The van der Waals surface area contributed by atoms with Crippen molar-refractivity contribution in [3.8, 4) is 0 Å². The molecule has 4 nitrogen and oxygen atoms in total. The van der Waals surface area contributed by atoms with E-state index in [0.29, 0.717) is 11.4 Å². The fourth-order valence-electron chi connectivity index (χ4n) is 1.42. The number of pyridine rings is 1. The molecule has 5 heteroatoms. The summed E-state index contributed by atoms with van der Waals surface area (Å²) in [5.41, 5.74) is 7.16. The number of amides is 1. The van der Waals surface area contributed by atoms with Crippen LogP contribution >= 0.6 is 15.9 Å². The van der Waals surface area contributed by atoms with E-state index in [-0.39, 0.29) is 5.91 Å². The Morgan fingerprint density at radius 1 is 1.11 bits per heavy atom. The first-order valence-electron chi connectivity index (χ1n) is 5.59. The second-order valence-electron chi connectivity index (χ2n) is 3.78. The third-order valence-electron chi connectivity index (χ3n) is 2.42. The number of rotatable bonds is 4. The largest absolute Gasteiger partial charge is 0.298 e. The van der Waals surface area contributed by atoms with E-state index in [0.717, 1.165) is 10.0 Å². The van der Waals surface area contributed by atoms with Crippen molar-refractivity contribution in [3.05, 3.63) is 71.0 Å². The zero-order valence-corrected chi connectivity index (χ0v) is 11.6. The topological polar surface area (TPSA) is 54.0 Å². The summed E-state index contributed by atoms with van der Waals surface area (Å²) in [6, 6.07) is 12.8. The normalized spacial score (nSPS) is 9.74. The van der Waals surface area contributed by atoms with Crippen molar-refractivity contribution in [2.24, 2.45) is 0 Å². The van der Waals surface area contributed by atoms with Crippen molar-refractivity contribution in [3.63, 3.8) is 0 Å². The number of carbonyl (C=O) groups excluding carboxylic acids is 1. The zero-order chi connectivity index (χ0) is 13.7. The highest BCUT2D eigenvalue weighted by molar-refractivity contribution is 9.10. The molecule has 0 radical (unpaired) electrons. The van der Waals surface area contributed by atoms with Gasteiger partial charge in [0, 0.05) is 10.7 Å². The lowest BCUT2D eigenvalue weighted by Gasteiger charge is -2.10. The molecule has 19 heavy (non-hydrogen) atoms. The molecule has 1 heterocycles. The number of nitrogens with one attached hydrogen (secondary N) is 2. The molecule has 0 fully saturated rings. The first kappa shape index (κ1) is 13.3. The minimum Gasteiger partial charge on any atom is -0.298 e. The van der Waals surface area contributed by atoms with E-state index in [1.807, 2.05) is 24.3 Å². The Balaban J connectivity index is 1.94. The Morgan fingerprint density at radius 2 is 1.84 bits per heavy atom. The fourth-order valence-corrected chi connectivity index (χ4v) is 1.68. The van der Waals surface area contributed by atoms with Gasteiger partial charge in [-0.1, -0.05) is 40.7 Å². The van der Waals surface area contributed by atoms with Crippen molar-refractivity contribution in [2.75, 3.05) is 0 Å². The summed E-state index contributed by atoms with van der Waals surface area (Å²) in [6.07, 6.45) is 1.57. The molecule has 0 aliphatic rings. The summed E-state index contributed by atoms with van der Waals surface area (Å²) in [6.45, 7) is 3.86. The molecule has 0 aliphatic heterocycles. The molecule has 0 aliphatic carbocycles. The third-order valence-corrected chi connectivity index (χ3v) is 2.95. The van der Waals surface area contributed by atoms with E-state index in [1.165, 1.54) is 0 Å². The maximum Gasteiger partial charge on any atom is 0.288 e. The number of carbonyl (C=O) groups is 1. The maximum absolute atomic E-state index is 11.7. The van der Waals surface area contributed by atoms with Gasteiger partial charge in [0.1, 0.15) is 5.69 Å². The van der Waals surface area contributed by atoms with Gasteiger partial charge in [-0.25, -0.2) is 0 Å². The summed E-state index contributed by atoms with van der Waals surface area (Å²) in [5.74, 6) is -0.307. The van der Waals surface area contributed by atoms with Gasteiger partial charge in [-0.2, -0.15) is 0 Å². The van der Waals surface area contributed by atoms with Crippen LogP contribution in [0.2, 0.25) is 0 Å². The molecule has 2 N–H and O–H groups in total. The SMILES string of the molecule is C=C(NNC(=O)c1ccccn1)c1ccc(Br)cc1. The molecule has 1 aromatic carbocycles. The molecule has 1 aromatic heterocycles.